The van der Waals surface area contributed by atoms with Crippen LogP contribution in [0.1, 0.15) is 13.3 Å². The van der Waals surface area contributed by atoms with Crippen molar-refractivity contribution in [1.29, 1.82) is 5.41 Å². The second-order valence-corrected chi connectivity index (χ2v) is 2.80. The SMILES string of the molecule is C[C@H](CC=N)Oc1ccccc1F. The van der Waals surface area contributed by atoms with Crippen LogP contribution in [0.5, 0.6) is 5.75 Å². The fourth-order valence-corrected chi connectivity index (χ4v) is 0.971. The second kappa shape index (κ2) is 4.60. The van der Waals surface area contributed by atoms with Crippen molar-refractivity contribution >= 4 is 6.21 Å². The van der Waals surface area contributed by atoms with E-state index in [1.165, 1.54) is 12.3 Å². The third-order valence-corrected chi connectivity index (χ3v) is 1.61. The van der Waals surface area contributed by atoms with Crippen molar-refractivity contribution < 1.29 is 9.13 Å². The number of halogens is 1. The van der Waals surface area contributed by atoms with Crippen molar-refractivity contribution in [2.75, 3.05) is 0 Å². The molecule has 1 aromatic carbocycles. The third-order valence-electron chi connectivity index (χ3n) is 1.61. The Kier molecular flexibility index (Phi) is 3.43. The minimum absolute atomic E-state index is 0.158. The van der Waals surface area contributed by atoms with E-state index >= 15 is 0 Å². The first-order valence-corrected chi connectivity index (χ1v) is 4.14. The number of rotatable bonds is 4. The highest BCUT2D eigenvalue weighted by Gasteiger charge is 2.05. The van der Waals surface area contributed by atoms with Crippen LogP contribution < -0.4 is 4.74 Å². The Morgan fingerprint density at radius 2 is 2.23 bits per heavy atom. The van der Waals surface area contributed by atoms with Gasteiger partial charge in [-0.2, -0.15) is 0 Å². The molecule has 0 fully saturated rings. The van der Waals surface area contributed by atoms with Crippen molar-refractivity contribution in [2.24, 2.45) is 0 Å². The largest absolute Gasteiger partial charge is 0.487 e. The highest BCUT2D eigenvalue weighted by Crippen LogP contribution is 2.17. The van der Waals surface area contributed by atoms with Gasteiger partial charge < -0.3 is 10.1 Å². The minimum Gasteiger partial charge on any atom is -0.487 e. The average molecular weight is 181 g/mol. The molecule has 2 nitrogen and oxygen atoms in total. The van der Waals surface area contributed by atoms with Crippen molar-refractivity contribution in [1.82, 2.24) is 0 Å². The Labute approximate surface area is 76.9 Å². The zero-order valence-corrected chi connectivity index (χ0v) is 7.46. The Morgan fingerprint density at radius 1 is 1.54 bits per heavy atom. The van der Waals surface area contributed by atoms with Crippen molar-refractivity contribution in [3.8, 4) is 5.75 Å². The molecule has 0 radical (unpaired) electrons. The summed E-state index contributed by atoms with van der Waals surface area (Å²) in [5.41, 5.74) is 0. The van der Waals surface area contributed by atoms with Gasteiger partial charge in [0.05, 0.1) is 0 Å². The lowest BCUT2D eigenvalue weighted by atomic mass is 10.3. The number of benzene rings is 1. The molecule has 1 rings (SSSR count). The summed E-state index contributed by atoms with van der Waals surface area (Å²) in [5.74, 6) is -0.115. The average Bonchev–Trinajstić information content (AvgIpc) is 2.09. The van der Waals surface area contributed by atoms with Gasteiger partial charge in [-0.1, -0.05) is 12.1 Å². The Bertz CT molecular complexity index is 288. The fourth-order valence-electron chi connectivity index (χ4n) is 0.971. The molecule has 0 saturated carbocycles. The molecule has 70 valence electrons. The fraction of sp³-hybridized carbons (Fsp3) is 0.300. The van der Waals surface area contributed by atoms with Gasteiger partial charge in [-0.05, 0) is 25.3 Å². The van der Waals surface area contributed by atoms with Gasteiger partial charge in [0, 0.05) is 6.42 Å². The first kappa shape index (κ1) is 9.71. The van der Waals surface area contributed by atoms with Gasteiger partial charge in [-0.3, -0.25) is 0 Å². The zero-order chi connectivity index (χ0) is 9.68. The summed E-state index contributed by atoms with van der Waals surface area (Å²) in [6.07, 6.45) is 1.59. The van der Waals surface area contributed by atoms with Crippen LogP contribution in [-0.4, -0.2) is 12.3 Å². The van der Waals surface area contributed by atoms with E-state index in [-0.39, 0.29) is 17.7 Å². The third kappa shape index (κ3) is 2.86. The lowest BCUT2D eigenvalue weighted by Gasteiger charge is -2.12. The molecule has 0 aromatic heterocycles. The summed E-state index contributed by atoms with van der Waals surface area (Å²) in [6, 6.07) is 6.27. The van der Waals surface area contributed by atoms with Crippen LogP contribution in [0.4, 0.5) is 4.39 Å². The van der Waals surface area contributed by atoms with E-state index in [1.807, 2.05) is 0 Å². The molecular weight excluding hydrogens is 169 g/mol. The molecule has 0 aliphatic heterocycles. The van der Waals surface area contributed by atoms with Crippen molar-refractivity contribution in [3.63, 3.8) is 0 Å². The normalized spacial score (nSPS) is 12.2. The zero-order valence-electron chi connectivity index (χ0n) is 7.46. The Morgan fingerprint density at radius 3 is 2.85 bits per heavy atom. The second-order valence-electron chi connectivity index (χ2n) is 2.80. The molecule has 0 saturated heterocycles. The molecule has 1 N–H and O–H groups in total. The van der Waals surface area contributed by atoms with Crippen LogP contribution in [0.2, 0.25) is 0 Å². The number of hydrogen-bond donors (Lipinski definition) is 1. The predicted molar refractivity (Wildman–Crippen MR) is 49.9 cm³/mol. The molecule has 1 atom stereocenters. The summed E-state index contributed by atoms with van der Waals surface area (Å²) < 4.78 is 18.3. The van der Waals surface area contributed by atoms with E-state index < -0.39 is 0 Å². The van der Waals surface area contributed by atoms with E-state index in [4.69, 9.17) is 10.1 Å². The first-order chi connectivity index (χ1) is 6.24. The van der Waals surface area contributed by atoms with E-state index in [0.29, 0.717) is 6.42 Å². The predicted octanol–water partition coefficient (Wildman–Crippen LogP) is 2.63. The van der Waals surface area contributed by atoms with Crippen LogP contribution in [0.25, 0.3) is 0 Å². The molecule has 0 amide bonds. The molecular formula is C10H12FNO. The Hall–Kier alpha value is -1.38. The molecule has 0 aliphatic rings. The standard InChI is InChI=1S/C10H12FNO/c1-8(6-7-12)13-10-5-3-2-4-9(10)11/h2-5,7-8,12H,6H2,1H3/t8-/m1/s1. The van der Waals surface area contributed by atoms with Crippen LogP contribution in [0.15, 0.2) is 24.3 Å². The topological polar surface area (TPSA) is 33.1 Å². The number of nitrogens with one attached hydrogen (secondary N) is 1. The van der Waals surface area contributed by atoms with Gasteiger partial charge in [0.15, 0.2) is 11.6 Å². The number of para-hydroxylation sites is 1. The van der Waals surface area contributed by atoms with E-state index in [2.05, 4.69) is 0 Å². The van der Waals surface area contributed by atoms with Gasteiger partial charge in [-0.15, -0.1) is 0 Å². The summed E-state index contributed by atoms with van der Waals surface area (Å²) in [5, 5.41) is 6.85. The molecule has 0 unspecified atom stereocenters. The van der Waals surface area contributed by atoms with Gasteiger partial charge >= 0.3 is 0 Å². The first-order valence-electron chi connectivity index (χ1n) is 4.14. The van der Waals surface area contributed by atoms with Gasteiger partial charge in [0.2, 0.25) is 0 Å². The van der Waals surface area contributed by atoms with Gasteiger partial charge in [0.1, 0.15) is 6.10 Å². The lowest BCUT2D eigenvalue weighted by Crippen LogP contribution is -2.12. The maximum Gasteiger partial charge on any atom is 0.165 e. The Balaban J connectivity index is 2.63. The highest BCUT2D eigenvalue weighted by atomic mass is 19.1. The molecule has 0 bridgehead atoms. The van der Waals surface area contributed by atoms with Gasteiger partial charge in [0.25, 0.3) is 0 Å². The van der Waals surface area contributed by atoms with Crippen LogP contribution in [0.3, 0.4) is 0 Å². The summed E-state index contributed by atoms with van der Waals surface area (Å²) >= 11 is 0. The number of hydrogen-bond acceptors (Lipinski definition) is 2. The smallest absolute Gasteiger partial charge is 0.165 e. The summed E-state index contributed by atoms with van der Waals surface area (Å²) in [7, 11) is 0. The molecule has 0 spiro atoms. The van der Waals surface area contributed by atoms with Crippen molar-refractivity contribution in [3.05, 3.63) is 30.1 Å². The van der Waals surface area contributed by atoms with E-state index in [9.17, 15) is 4.39 Å². The number of ether oxygens (including phenoxy) is 1. The van der Waals surface area contributed by atoms with Gasteiger partial charge in [-0.25, -0.2) is 4.39 Å². The summed E-state index contributed by atoms with van der Waals surface area (Å²) in [4.78, 5) is 0. The monoisotopic (exact) mass is 181 g/mol. The minimum atomic E-state index is -0.362. The van der Waals surface area contributed by atoms with Crippen molar-refractivity contribution in [2.45, 2.75) is 19.4 Å². The molecule has 0 heterocycles. The molecule has 13 heavy (non-hydrogen) atoms. The van der Waals surface area contributed by atoms with Crippen LogP contribution >= 0.6 is 0 Å². The van der Waals surface area contributed by atoms with E-state index in [0.717, 1.165) is 0 Å². The maximum absolute atomic E-state index is 13.0. The van der Waals surface area contributed by atoms with E-state index in [1.54, 1.807) is 25.1 Å². The highest BCUT2D eigenvalue weighted by molar-refractivity contribution is 5.53. The lowest BCUT2D eigenvalue weighted by molar-refractivity contribution is 0.220. The maximum atomic E-state index is 13.0. The molecule has 0 aliphatic carbocycles. The quantitative estimate of drug-likeness (QED) is 0.711. The van der Waals surface area contributed by atoms with Crippen LogP contribution in [-0.2, 0) is 0 Å². The molecule has 3 heteroatoms. The van der Waals surface area contributed by atoms with Crippen LogP contribution in [0, 0.1) is 11.2 Å². The summed E-state index contributed by atoms with van der Waals surface area (Å²) in [6.45, 7) is 1.80. The molecule has 1 aromatic rings.